The molecule has 0 aliphatic rings. The van der Waals surface area contributed by atoms with E-state index in [2.05, 4.69) is 34.2 Å². The van der Waals surface area contributed by atoms with Gasteiger partial charge in [0.1, 0.15) is 5.75 Å². The van der Waals surface area contributed by atoms with Gasteiger partial charge in [0.2, 0.25) is 0 Å². The van der Waals surface area contributed by atoms with Gasteiger partial charge in [-0.3, -0.25) is 0 Å². The highest BCUT2D eigenvalue weighted by molar-refractivity contribution is 9.10. The third kappa shape index (κ3) is 3.64. The number of nitrogens with one attached hydrogen (secondary N) is 1. The minimum Gasteiger partial charge on any atom is -0.496 e. The molecule has 0 fully saturated rings. The fourth-order valence-electron chi connectivity index (χ4n) is 1.86. The number of hydrogen-bond donors (Lipinski definition) is 1. The van der Waals surface area contributed by atoms with Gasteiger partial charge in [0.05, 0.1) is 11.6 Å². The molecule has 0 bridgehead atoms. The second-order valence-electron chi connectivity index (χ2n) is 4.27. The summed E-state index contributed by atoms with van der Waals surface area (Å²) in [7, 11) is 1.66. The van der Waals surface area contributed by atoms with E-state index in [-0.39, 0.29) is 6.04 Å². The van der Waals surface area contributed by atoms with E-state index in [0.717, 1.165) is 20.9 Å². The molecular formula is C15H15BrClNO. The van der Waals surface area contributed by atoms with Gasteiger partial charge in [-0.15, -0.1) is 0 Å². The lowest BCUT2D eigenvalue weighted by Crippen LogP contribution is -2.06. The first kappa shape index (κ1) is 14.2. The summed E-state index contributed by atoms with van der Waals surface area (Å²) in [5.41, 5.74) is 2.18. The Bertz CT molecular complexity index is 574. The quantitative estimate of drug-likeness (QED) is 0.817. The van der Waals surface area contributed by atoms with Gasteiger partial charge in [-0.25, -0.2) is 0 Å². The van der Waals surface area contributed by atoms with E-state index in [9.17, 15) is 0 Å². The highest BCUT2D eigenvalue weighted by Gasteiger charge is 2.08. The molecule has 0 aliphatic heterocycles. The largest absolute Gasteiger partial charge is 0.496 e. The van der Waals surface area contributed by atoms with E-state index in [1.165, 1.54) is 5.56 Å². The van der Waals surface area contributed by atoms with Crippen molar-refractivity contribution in [3.8, 4) is 5.75 Å². The number of halogens is 2. The van der Waals surface area contributed by atoms with Crippen molar-refractivity contribution in [3.05, 3.63) is 57.5 Å². The van der Waals surface area contributed by atoms with Crippen molar-refractivity contribution in [2.45, 2.75) is 13.0 Å². The Morgan fingerprint density at radius 2 is 2.00 bits per heavy atom. The van der Waals surface area contributed by atoms with Crippen molar-refractivity contribution in [1.82, 2.24) is 0 Å². The zero-order chi connectivity index (χ0) is 13.8. The maximum atomic E-state index is 5.98. The van der Waals surface area contributed by atoms with Crippen LogP contribution in [0.1, 0.15) is 18.5 Å². The van der Waals surface area contributed by atoms with Crippen LogP contribution in [0.5, 0.6) is 5.75 Å². The summed E-state index contributed by atoms with van der Waals surface area (Å²) in [6, 6.07) is 13.9. The molecule has 0 aliphatic carbocycles. The minimum atomic E-state index is 0.181. The number of anilines is 1. The topological polar surface area (TPSA) is 21.3 Å². The average Bonchev–Trinajstić information content (AvgIpc) is 2.38. The van der Waals surface area contributed by atoms with Crippen LogP contribution < -0.4 is 10.1 Å². The van der Waals surface area contributed by atoms with E-state index in [1.54, 1.807) is 7.11 Å². The van der Waals surface area contributed by atoms with Gasteiger partial charge in [0, 0.05) is 16.8 Å². The number of ether oxygens (including phenoxy) is 1. The Morgan fingerprint density at radius 3 is 2.63 bits per heavy atom. The fraction of sp³-hybridized carbons (Fsp3) is 0.200. The van der Waals surface area contributed by atoms with Crippen LogP contribution in [0.2, 0.25) is 5.02 Å². The lowest BCUT2D eigenvalue weighted by molar-refractivity contribution is 0.412. The molecule has 0 aromatic heterocycles. The molecule has 0 radical (unpaired) electrons. The molecule has 2 rings (SSSR count). The molecule has 19 heavy (non-hydrogen) atoms. The van der Waals surface area contributed by atoms with Crippen molar-refractivity contribution in [1.29, 1.82) is 0 Å². The van der Waals surface area contributed by atoms with Crippen molar-refractivity contribution in [3.63, 3.8) is 0 Å². The number of rotatable bonds is 4. The zero-order valence-corrected chi connectivity index (χ0v) is 13.1. The first-order valence-corrected chi connectivity index (χ1v) is 7.13. The Balaban J connectivity index is 2.15. The van der Waals surface area contributed by atoms with E-state index < -0.39 is 0 Å². The van der Waals surface area contributed by atoms with Gasteiger partial charge in [0.15, 0.2) is 0 Å². The molecule has 0 amide bonds. The zero-order valence-electron chi connectivity index (χ0n) is 10.8. The Kier molecular flexibility index (Phi) is 4.72. The molecule has 1 N–H and O–H groups in total. The minimum absolute atomic E-state index is 0.181. The van der Waals surface area contributed by atoms with Gasteiger partial charge in [0.25, 0.3) is 0 Å². The van der Waals surface area contributed by atoms with E-state index in [1.807, 2.05) is 36.4 Å². The van der Waals surface area contributed by atoms with Crippen molar-refractivity contribution < 1.29 is 4.74 Å². The number of hydrogen-bond acceptors (Lipinski definition) is 2. The van der Waals surface area contributed by atoms with Crippen LogP contribution in [-0.4, -0.2) is 7.11 Å². The first-order chi connectivity index (χ1) is 9.10. The predicted octanol–water partition coefficient (Wildman–Crippen LogP) is 5.28. The summed E-state index contributed by atoms with van der Waals surface area (Å²) in [5.74, 6) is 0.832. The van der Waals surface area contributed by atoms with Gasteiger partial charge < -0.3 is 10.1 Å². The summed E-state index contributed by atoms with van der Waals surface area (Å²) in [6.45, 7) is 2.11. The van der Waals surface area contributed by atoms with Crippen LogP contribution in [0.4, 0.5) is 5.69 Å². The van der Waals surface area contributed by atoms with Crippen molar-refractivity contribution >= 4 is 33.2 Å². The Hall–Kier alpha value is -1.19. The van der Waals surface area contributed by atoms with Crippen LogP contribution >= 0.6 is 27.5 Å². The maximum Gasteiger partial charge on any atom is 0.133 e. The molecule has 2 aromatic rings. The fourth-order valence-corrected chi connectivity index (χ4v) is 2.61. The number of methoxy groups -OCH3 is 1. The molecule has 0 heterocycles. The molecule has 2 aromatic carbocycles. The summed E-state index contributed by atoms with van der Waals surface area (Å²) in [5, 5.41) is 4.15. The monoisotopic (exact) mass is 339 g/mol. The third-order valence-electron chi connectivity index (χ3n) is 2.88. The molecule has 1 unspecified atom stereocenters. The van der Waals surface area contributed by atoms with Crippen molar-refractivity contribution in [2.75, 3.05) is 12.4 Å². The van der Waals surface area contributed by atoms with Crippen LogP contribution in [0.15, 0.2) is 46.9 Å². The van der Waals surface area contributed by atoms with Crippen LogP contribution in [0, 0.1) is 0 Å². The van der Waals surface area contributed by atoms with Crippen LogP contribution in [-0.2, 0) is 0 Å². The standard InChI is InChI=1S/C15H15BrClNO/c1-10(18-13-5-3-4-12(17)9-13)11-6-7-15(19-2)14(16)8-11/h3-10,18H,1-2H3. The normalized spacial score (nSPS) is 12.0. The summed E-state index contributed by atoms with van der Waals surface area (Å²) in [4.78, 5) is 0. The van der Waals surface area contributed by atoms with Crippen LogP contribution in [0.3, 0.4) is 0 Å². The SMILES string of the molecule is COc1ccc(C(C)Nc2cccc(Cl)c2)cc1Br. The smallest absolute Gasteiger partial charge is 0.133 e. The maximum absolute atomic E-state index is 5.98. The van der Waals surface area contributed by atoms with Gasteiger partial charge in [-0.1, -0.05) is 23.7 Å². The Morgan fingerprint density at radius 1 is 1.21 bits per heavy atom. The molecule has 4 heteroatoms. The lowest BCUT2D eigenvalue weighted by atomic mass is 10.1. The third-order valence-corrected chi connectivity index (χ3v) is 3.74. The summed E-state index contributed by atoms with van der Waals surface area (Å²) in [6.07, 6.45) is 0. The molecular weight excluding hydrogens is 326 g/mol. The van der Waals surface area contributed by atoms with E-state index in [4.69, 9.17) is 16.3 Å². The highest BCUT2D eigenvalue weighted by atomic mass is 79.9. The molecule has 2 nitrogen and oxygen atoms in total. The highest BCUT2D eigenvalue weighted by Crippen LogP contribution is 2.29. The number of benzene rings is 2. The lowest BCUT2D eigenvalue weighted by Gasteiger charge is -2.17. The van der Waals surface area contributed by atoms with E-state index >= 15 is 0 Å². The molecule has 0 saturated carbocycles. The summed E-state index contributed by atoms with van der Waals surface area (Å²) >= 11 is 9.47. The second-order valence-corrected chi connectivity index (χ2v) is 5.56. The average molecular weight is 341 g/mol. The van der Waals surface area contributed by atoms with Gasteiger partial charge in [-0.2, -0.15) is 0 Å². The molecule has 0 spiro atoms. The Labute approximate surface area is 126 Å². The van der Waals surface area contributed by atoms with Gasteiger partial charge >= 0.3 is 0 Å². The van der Waals surface area contributed by atoms with Gasteiger partial charge in [-0.05, 0) is 58.7 Å². The second kappa shape index (κ2) is 6.31. The molecule has 100 valence electrons. The summed E-state index contributed by atoms with van der Waals surface area (Å²) < 4.78 is 6.18. The van der Waals surface area contributed by atoms with E-state index in [0.29, 0.717) is 0 Å². The van der Waals surface area contributed by atoms with Crippen molar-refractivity contribution in [2.24, 2.45) is 0 Å². The predicted molar refractivity (Wildman–Crippen MR) is 84.2 cm³/mol. The molecule has 1 atom stereocenters. The first-order valence-electron chi connectivity index (χ1n) is 5.95. The molecule has 0 saturated heterocycles. The van der Waals surface area contributed by atoms with Crippen LogP contribution in [0.25, 0.3) is 0 Å².